The Morgan fingerprint density at radius 3 is 2.59 bits per heavy atom. The highest BCUT2D eigenvalue weighted by Gasteiger charge is 2.11. The van der Waals surface area contributed by atoms with Gasteiger partial charge in [0.05, 0.1) is 24.1 Å². The smallest absolute Gasteiger partial charge is 0.269 e. The first-order valence-corrected chi connectivity index (χ1v) is 9.32. The molecule has 0 amide bonds. The van der Waals surface area contributed by atoms with Crippen LogP contribution in [-0.4, -0.2) is 31.1 Å². The second kappa shape index (κ2) is 10.6. The van der Waals surface area contributed by atoms with Crippen LogP contribution in [0.5, 0.6) is 0 Å². The topological polar surface area (TPSA) is 88.8 Å². The van der Waals surface area contributed by atoms with Gasteiger partial charge < -0.3 is 15.4 Å². The molecule has 2 rings (SSSR count). The highest BCUT2D eigenvalue weighted by atomic mass is 79.9. The maximum absolute atomic E-state index is 10.8. The number of non-ortho nitro benzene ring substituents is 1. The van der Waals surface area contributed by atoms with Crippen molar-refractivity contribution in [3.8, 4) is 0 Å². The van der Waals surface area contributed by atoms with Crippen molar-refractivity contribution < 1.29 is 9.66 Å². The number of ether oxygens (including phenoxy) is 1. The fourth-order valence-corrected chi connectivity index (χ4v) is 3.05. The van der Waals surface area contributed by atoms with Crippen LogP contribution in [-0.2, 0) is 11.3 Å². The molecule has 0 aliphatic carbocycles. The summed E-state index contributed by atoms with van der Waals surface area (Å²) in [5.74, 6) is 0.647. The van der Waals surface area contributed by atoms with Crippen molar-refractivity contribution in [3.05, 3.63) is 74.2 Å². The van der Waals surface area contributed by atoms with E-state index in [9.17, 15) is 10.1 Å². The molecule has 2 aromatic rings. The van der Waals surface area contributed by atoms with Gasteiger partial charge in [0.15, 0.2) is 5.96 Å². The summed E-state index contributed by atoms with van der Waals surface area (Å²) in [6.07, 6.45) is 0. The summed E-state index contributed by atoms with van der Waals surface area (Å²) >= 11 is 3.57. The molecule has 1 unspecified atom stereocenters. The van der Waals surface area contributed by atoms with E-state index in [1.54, 1.807) is 19.2 Å². The van der Waals surface area contributed by atoms with E-state index in [1.165, 1.54) is 12.1 Å². The molecule has 2 N–H and O–H groups in total. The minimum atomic E-state index is -0.411. The average Bonchev–Trinajstić information content (AvgIpc) is 2.66. The van der Waals surface area contributed by atoms with Gasteiger partial charge in [0.25, 0.3) is 5.69 Å². The van der Waals surface area contributed by atoms with Crippen molar-refractivity contribution in [2.24, 2.45) is 4.99 Å². The van der Waals surface area contributed by atoms with Gasteiger partial charge in [-0.15, -0.1) is 0 Å². The Bertz CT molecular complexity index is 781. The fraction of sp³-hybridized carbons (Fsp3) is 0.316. The van der Waals surface area contributed by atoms with Crippen molar-refractivity contribution in [2.75, 3.05) is 20.3 Å². The number of nitro benzene ring substituents is 1. The van der Waals surface area contributed by atoms with E-state index in [4.69, 9.17) is 4.74 Å². The third-order valence-corrected chi connectivity index (χ3v) is 4.61. The Morgan fingerprint density at radius 2 is 1.96 bits per heavy atom. The van der Waals surface area contributed by atoms with Gasteiger partial charge in [-0.05, 0) is 24.1 Å². The molecule has 1 atom stereocenters. The molecule has 0 bridgehead atoms. The van der Waals surface area contributed by atoms with Gasteiger partial charge in [-0.3, -0.25) is 10.1 Å². The molecule has 2 aromatic carbocycles. The zero-order valence-corrected chi connectivity index (χ0v) is 16.9. The van der Waals surface area contributed by atoms with E-state index in [0.717, 1.165) is 15.6 Å². The number of rotatable bonds is 8. The molecule has 0 saturated heterocycles. The van der Waals surface area contributed by atoms with Crippen molar-refractivity contribution in [3.63, 3.8) is 0 Å². The molecule has 144 valence electrons. The summed E-state index contributed by atoms with van der Waals surface area (Å²) in [6.45, 7) is 3.63. The predicted molar refractivity (Wildman–Crippen MR) is 110 cm³/mol. The van der Waals surface area contributed by atoms with E-state index in [2.05, 4.69) is 38.5 Å². The van der Waals surface area contributed by atoms with E-state index >= 15 is 0 Å². The second-order valence-electron chi connectivity index (χ2n) is 5.90. The van der Waals surface area contributed by atoms with Crippen LogP contribution in [0.25, 0.3) is 0 Å². The fourth-order valence-electron chi connectivity index (χ4n) is 2.43. The Labute approximate surface area is 167 Å². The molecule has 0 aliphatic heterocycles. The molecule has 0 saturated carbocycles. The van der Waals surface area contributed by atoms with Gasteiger partial charge in [-0.25, -0.2) is 4.99 Å². The summed E-state index contributed by atoms with van der Waals surface area (Å²) in [7, 11) is 1.65. The van der Waals surface area contributed by atoms with Crippen LogP contribution in [0.2, 0.25) is 0 Å². The predicted octanol–water partition coefficient (Wildman–Crippen LogP) is 3.80. The number of nitrogens with zero attached hydrogens (tertiary/aromatic N) is 2. The Morgan fingerprint density at radius 1 is 1.26 bits per heavy atom. The van der Waals surface area contributed by atoms with Crippen molar-refractivity contribution in [1.82, 2.24) is 10.6 Å². The lowest BCUT2D eigenvalue weighted by Gasteiger charge is -2.19. The van der Waals surface area contributed by atoms with Gasteiger partial charge in [0, 0.05) is 30.3 Å². The quantitative estimate of drug-likeness (QED) is 0.217. The molecule has 0 spiro atoms. The first-order valence-electron chi connectivity index (χ1n) is 8.53. The summed E-state index contributed by atoms with van der Waals surface area (Å²) in [5, 5.41) is 17.4. The lowest BCUT2D eigenvalue weighted by atomic mass is 10.1. The zero-order valence-electron chi connectivity index (χ0n) is 15.3. The maximum atomic E-state index is 10.8. The van der Waals surface area contributed by atoms with Crippen LogP contribution in [0.1, 0.15) is 24.1 Å². The third-order valence-electron chi connectivity index (χ3n) is 3.89. The summed E-state index contributed by atoms with van der Waals surface area (Å²) in [5.41, 5.74) is 2.08. The van der Waals surface area contributed by atoms with E-state index in [0.29, 0.717) is 25.7 Å². The van der Waals surface area contributed by atoms with Crippen LogP contribution < -0.4 is 10.6 Å². The summed E-state index contributed by atoms with van der Waals surface area (Å²) < 4.78 is 6.11. The first kappa shape index (κ1) is 20.9. The molecule has 0 aliphatic rings. The minimum Gasteiger partial charge on any atom is -0.383 e. The van der Waals surface area contributed by atoms with Crippen LogP contribution >= 0.6 is 15.9 Å². The maximum Gasteiger partial charge on any atom is 0.269 e. The van der Waals surface area contributed by atoms with Crippen LogP contribution in [0.3, 0.4) is 0 Å². The van der Waals surface area contributed by atoms with Crippen molar-refractivity contribution in [1.29, 1.82) is 0 Å². The molecule has 8 heteroatoms. The number of benzene rings is 2. The Kier molecular flexibility index (Phi) is 8.22. The highest BCUT2D eigenvalue weighted by Crippen LogP contribution is 2.22. The Hall–Kier alpha value is -2.45. The van der Waals surface area contributed by atoms with E-state index < -0.39 is 4.92 Å². The van der Waals surface area contributed by atoms with Crippen LogP contribution in [0.4, 0.5) is 5.69 Å². The normalized spacial score (nSPS) is 12.5. The Balaban J connectivity index is 2.09. The second-order valence-corrected chi connectivity index (χ2v) is 6.75. The van der Waals surface area contributed by atoms with Crippen molar-refractivity contribution >= 4 is 27.6 Å². The minimum absolute atomic E-state index is 0.0335. The van der Waals surface area contributed by atoms with Gasteiger partial charge in [0.2, 0.25) is 0 Å². The molecule has 0 heterocycles. The molecule has 0 radical (unpaired) electrons. The third kappa shape index (κ3) is 6.65. The first-order chi connectivity index (χ1) is 13.0. The van der Waals surface area contributed by atoms with Gasteiger partial charge >= 0.3 is 0 Å². The lowest BCUT2D eigenvalue weighted by Crippen LogP contribution is -2.40. The van der Waals surface area contributed by atoms with Crippen molar-refractivity contribution in [2.45, 2.75) is 19.5 Å². The standard InChI is InChI=1S/C19H23BrN4O3/c1-14(17-5-3-4-6-18(17)20)23-19(21-11-12-27-2)22-13-15-7-9-16(10-8-15)24(25)26/h3-10,14H,11-13H2,1-2H3,(H2,21,22,23). The molecule has 27 heavy (non-hydrogen) atoms. The molecule has 7 nitrogen and oxygen atoms in total. The van der Waals surface area contributed by atoms with E-state index in [1.807, 2.05) is 24.3 Å². The molecular formula is C19H23BrN4O3. The number of nitrogens with one attached hydrogen (secondary N) is 2. The molecule has 0 aromatic heterocycles. The number of hydrogen-bond acceptors (Lipinski definition) is 4. The van der Waals surface area contributed by atoms with E-state index in [-0.39, 0.29) is 11.7 Å². The van der Waals surface area contributed by atoms with Gasteiger partial charge in [-0.2, -0.15) is 0 Å². The summed E-state index contributed by atoms with van der Waals surface area (Å²) in [4.78, 5) is 14.9. The lowest BCUT2D eigenvalue weighted by molar-refractivity contribution is -0.384. The number of aliphatic imine (C=N–C) groups is 1. The van der Waals surface area contributed by atoms with Gasteiger partial charge in [0.1, 0.15) is 0 Å². The monoisotopic (exact) mass is 434 g/mol. The van der Waals surface area contributed by atoms with Gasteiger partial charge in [-0.1, -0.05) is 46.3 Å². The molecular weight excluding hydrogens is 412 g/mol. The number of halogens is 1. The summed E-state index contributed by atoms with van der Waals surface area (Å²) in [6, 6.07) is 14.4. The largest absolute Gasteiger partial charge is 0.383 e. The van der Waals surface area contributed by atoms with Crippen LogP contribution in [0, 0.1) is 10.1 Å². The SMILES string of the molecule is COCCNC(=NCc1ccc([N+](=O)[O-])cc1)NC(C)c1ccccc1Br. The average molecular weight is 435 g/mol. The number of guanidine groups is 1. The van der Waals surface area contributed by atoms with Crippen LogP contribution in [0.15, 0.2) is 58.0 Å². The number of methoxy groups -OCH3 is 1. The number of hydrogen-bond donors (Lipinski definition) is 2. The zero-order chi connectivity index (χ0) is 19.6. The highest BCUT2D eigenvalue weighted by molar-refractivity contribution is 9.10. The molecule has 0 fully saturated rings. The number of nitro groups is 1.